The molecule has 0 atom stereocenters. The Hall–Kier alpha value is -2.50. The highest BCUT2D eigenvalue weighted by Crippen LogP contribution is 2.42. The van der Waals surface area contributed by atoms with Gasteiger partial charge in [0.15, 0.2) is 0 Å². The lowest BCUT2D eigenvalue weighted by atomic mass is 9.78. The summed E-state index contributed by atoms with van der Waals surface area (Å²) >= 11 is 0. The number of halogens is 4. The van der Waals surface area contributed by atoms with Crippen LogP contribution in [0.15, 0.2) is 59.5 Å². The average Bonchev–Trinajstić information content (AvgIpc) is 3.21. The van der Waals surface area contributed by atoms with Crippen molar-refractivity contribution in [1.29, 1.82) is 0 Å². The number of carbonyl (C=O) groups is 1. The van der Waals surface area contributed by atoms with E-state index < -0.39 is 22.2 Å². The van der Waals surface area contributed by atoms with Crippen LogP contribution in [0.1, 0.15) is 24.8 Å². The maximum Gasteiger partial charge on any atom is 0.490 e. The molecule has 2 aromatic rings. The fraction of sp³-hybridized carbons (Fsp3) is 0.435. The van der Waals surface area contributed by atoms with Crippen molar-refractivity contribution >= 4 is 16.0 Å². The lowest BCUT2D eigenvalue weighted by Crippen LogP contribution is -2.41. The van der Waals surface area contributed by atoms with Crippen LogP contribution in [-0.2, 0) is 21.4 Å². The first-order valence-electron chi connectivity index (χ1n) is 10.7. The van der Waals surface area contributed by atoms with E-state index in [-0.39, 0.29) is 11.2 Å². The SMILES string of the molecule is O=C(O)C(F)(F)F.O=S(=O)(c1ccccc1)N1CCC2(CCN(Cc3cccc(F)c3)CC2)C1. The third-order valence-corrected chi connectivity index (χ3v) is 8.10. The van der Waals surface area contributed by atoms with Gasteiger partial charge in [-0.2, -0.15) is 17.5 Å². The molecule has 0 bridgehead atoms. The van der Waals surface area contributed by atoms with Crippen LogP contribution < -0.4 is 0 Å². The summed E-state index contributed by atoms with van der Waals surface area (Å²) < 4.78 is 72.5. The molecule has 1 spiro atoms. The van der Waals surface area contributed by atoms with Gasteiger partial charge in [-0.15, -0.1) is 0 Å². The largest absolute Gasteiger partial charge is 0.490 e. The molecule has 0 aromatic heterocycles. The highest BCUT2D eigenvalue weighted by Gasteiger charge is 2.44. The minimum absolute atomic E-state index is 0.0836. The van der Waals surface area contributed by atoms with Crippen molar-refractivity contribution in [2.75, 3.05) is 26.2 Å². The second kappa shape index (κ2) is 10.4. The van der Waals surface area contributed by atoms with Crippen molar-refractivity contribution in [2.24, 2.45) is 5.41 Å². The summed E-state index contributed by atoms with van der Waals surface area (Å²) in [4.78, 5) is 11.6. The van der Waals surface area contributed by atoms with E-state index in [4.69, 9.17) is 9.90 Å². The Bertz CT molecular complexity index is 1090. The Balaban J connectivity index is 0.000000406. The fourth-order valence-electron chi connectivity index (χ4n) is 4.33. The van der Waals surface area contributed by atoms with Crippen molar-refractivity contribution < 1.29 is 35.9 Å². The smallest absolute Gasteiger partial charge is 0.475 e. The van der Waals surface area contributed by atoms with Crippen LogP contribution in [0.25, 0.3) is 0 Å². The first-order valence-corrected chi connectivity index (χ1v) is 12.2. The first-order chi connectivity index (χ1) is 15.9. The van der Waals surface area contributed by atoms with E-state index in [1.165, 1.54) is 6.07 Å². The molecule has 186 valence electrons. The van der Waals surface area contributed by atoms with Crippen molar-refractivity contribution in [3.63, 3.8) is 0 Å². The molecule has 2 aliphatic rings. The number of rotatable bonds is 4. The molecule has 2 heterocycles. The number of carboxylic acids is 1. The predicted octanol–water partition coefficient (Wildman–Crippen LogP) is 4.14. The molecule has 1 N–H and O–H groups in total. The Morgan fingerprint density at radius 1 is 0.971 bits per heavy atom. The maximum atomic E-state index is 13.4. The molecule has 4 rings (SSSR count). The van der Waals surface area contributed by atoms with Crippen LogP contribution in [0.3, 0.4) is 0 Å². The van der Waals surface area contributed by atoms with Crippen LogP contribution in [0.4, 0.5) is 17.6 Å². The standard InChI is InChI=1S/C21H25FN2O2S.C2HF3O2/c22-19-6-4-5-18(15-19)16-23-12-9-21(10-13-23)11-14-24(17-21)27(25,26)20-7-2-1-3-8-20;3-2(4,5)1(6)7/h1-8,15H,9-14,16-17H2;(H,6,7). The van der Waals surface area contributed by atoms with Gasteiger partial charge in [0.25, 0.3) is 0 Å². The Morgan fingerprint density at radius 2 is 1.56 bits per heavy atom. The van der Waals surface area contributed by atoms with Gasteiger partial charge in [-0.1, -0.05) is 30.3 Å². The zero-order valence-electron chi connectivity index (χ0n) is 18.3. The van der Waals surface area contributed by atoms with Crippen LogP contribution in [0, 0.1) is 11.2 Å². The highest BCUT2D eigenvalue weighted by molar-refractivity contribution is 7.89. The molecule has 2 fully saturated rings. The summed E-state index contributed by atoms with van der Waals surface area (Å²) in [5.74, 6) is -2.95. The molecule has 0 aliphatic carbocycles. The lowest BCUT2D eigenvalue weighted by molar-refractivity contribution is -0.192. The number of aliphatic carboxylic acids is 1. The van der Waals surface area contributed by atoms with Crippen molar-refractivity contribution in [3.05, 3.63) is 66.0 Å². The van der Waals surface area contributed by atoms with E-state index in [1.54, 1.807) is 40.7 Å². The van der Waals surface area contributed by atoms with Crippen molar-refractivity contribution in [2.45, 2.75) is 36.9 Å². The summed E-state index contributed by atoms with van der Waals surface area (Å²) in [6, 6.07) is 15.5. The third-order valence-electron chi connectivity index (χ3n) is 6.24. The van der Waals surface area contributed by atoms with Gasteiger partial charge in [0.05, 0.1) is 4.90 Å². The summed E-state index contributed by atoms with van der Waals surface area (Å²) in [5.41, 5.74) is 1.07. The average molecular weight is 503 g/mol. The number of hydrogen-bond donors (Lipinski definition) is 1. The van der Waals surface area contributed by atoms with Gasteiger partial charge in [0.2, 0.25) is 10.0 Å². The van der Waals surface area contributed by atoms with Crippen LogP contribution in [-0.4, -0.2) is 61.1 Å². The van der Waals surface area contributed by atoms with E-state index in [0.29, 0.717) is 18.0 Å². The number of alkyl halides is 3. The van der Waals surface area contributed by atoms with E-state index in [9.17, 15) is 26.0 Å². The van der Waals surface area contributed by atoms with Crippen molar-refractivity contribution in [3.8, 4) is 0 Å². The number of likely N-dealkylation sites (tertiary alicyclic amines) is 1. The number of hydrogen-bond acceptors (Lipinski definition) is 4. The molecule has 11 heteroatoms. The quantitative estimate of drug-likeness (QED) is 0.636. The van der Waals surface area contributed by atoms with Crippen molar-refractivity contribution in [1.82, 2.24) is 9.21 Å². The summed E-state index contributed by atoms with van der Waals surface area (Å²) in [6.45, 7) is 3.81. The molecule has 2 aromatic carbocycles. The number of sulfonamides is 1. The second-order valence-electron chi connectivity index (χ2n) is 8.61. The van der Waals surface area contributed by atoms with Gasteiger partial charge in [0.1, 0.15) is 5.82 Å². The molecule has 0 amide bonds. The van der Waals surface area contributed by atoms with Gasteiger partial charge in [0, 0.05) is 19.6 Å². The highest BCUT2D eigenvalue weighted by atomic mass is 32.2. The minimum Gasteiger partial charge on any atom is -0.475 e. The molecule has 2 saturated heterocycles. The molecule has 6 nitrogen and oxygen atoms in total. The molecule has 0 radical (unpaired) electrons. The Kier molecular flexibility index (Phi) is 7.99. The third kappa shape index (κ3) is 6.55. The first kappa shape index (κ1) is 26.1. The van der Waals surface area contributed by atoms with Gasteiger partial charge in [-0.05, 0) is 67.6 Å². The number of carboxylic acid groups (broad SMARTS) is 1. The molecular formula is C23H26F4N2O4S. The Morgan fingerprint density at radius 3 is 2.12 bits per heavy atom. The molecule has 34 heavy (non-hydrogen) atoms. The summed E-state index contributed by atoms with van der Waals surface area (Å²) in [6.07, 6.45) is -2.18. The van der Waals surface area contributed by atoms with E-state index >= 15 is 0 Å². The van der Waals surface area contributed by atoms with Crippen LogP contribution in [0.5, 0.6) is 0 Å². The van der Waals surface area contributed by atoms with E-state index in [1.807, 2.05) is 12.1 Å². The second-order valence-corrected chi connectivity index (χ2v) is 10.5. The van der Waals surface area contributed by atoms with Crippen LogP contribution >= 0.6 is 0 Å². The zero-order chi connectivity index (χ0) is 25.0. The van der Waals surface area contributed by atoms with Gasteiger partial charge in [-0.3, -0.25) is 4.90 Å². The zero-order valence-corrected chi connectivity index (χ0v) is 19.2. The van der Waals surface area contributed by atoms with Gasteiger partial charge >= 0.3 is 12.1 Å². The topological polar surface area (TPSA) is 77.9 Å². The molecule has 0 unspecified atom stereocenters. The van der Waals surface area contributed by atoms with E-state index in [0.717, 1.165) is 44.5 Å². The summed E-state index contributed by atoms with van der Waals surface area (Å²) in [5, 5.41) is 7.12. The number of benzene rings is 2. The maximum absolute atomic E-state index is 13.4. The molecule has 2 aliphatic heterocycles. The molecule has 0 saturated carbocycles. The summed E-state index contributed by atoms with van der Waals surface area (Å²) in [7, 11) is -3.40. The number of piperidine rings is 1. The minimum atomic E-state index is -5.08. The monoisotopic (exact) mass is 502 g/mol. The fourth-order valence-corrected chi connectivity index (χ4v) is 5.90. The lowest BCUT2D eigenvalue weighted by Gasteiger charge is -2.39. The Labute approximate surface area is 195 Å². The van der Waals surface area contributed by atoms with Crippen LogP contribution in [0.2, 0.25) is 0 Å². The van der Waals surface area contributed by atoms with Gasteiger partial charge < -0.3 is 5.11 Å². The number of nitrogens with zero attached hydrogens (tertiary/aromatic N) is 2. The predicted molar refractivity (Wildman–Crippen MR) is 117 cm³/mol. The van der Waals surface area contributed by atoms with E-state index in [2.05, 4.69) is 4.90 Å². The van der Waals surface area contributed by atoms with Gasteiger partial charge in [-0.25, -0.2) is 17.6 Å². The normalized spacial score (nSPS) is 18.9. The molecular weight excluding hydrogens is 476 g/mol.